The molecule has 0 spiro atoms. The largest absolute Gasteiger partial charge is 0.496 e. The second-order valence-electron chi connectivity index (χ2n) is 8.60. The molecular weight excluding hydrogens is 426 g/mol. The first-order valence-electron chi connectivity index (χ1n) is 10.2. The second kappa shape index (κ2) is 10.2. The van der Waals surface area contributed by atoms with Crippen molar-refractivity contribution in [3.63, 3.8) is 0 Å². The fraction of sp³-hybridized carbons (Fsp3) is 0.333. The number of carboxylic acids is 1. The molecule has 2 rings (SSSR count). The van der Waals surface area contributed by atoms with Crippen molar-refractivity contribution in [2.75, 3.05) is 7.11 Å². The summed E-state index contributed by atoms with van der Waals surface area (Å²) >= 11 is 0. The number of carbonyl (C=O) groups excluding carboxylic acids is 1. The van der Waals surface area contributed by atoms with Crippen LogP contribution in [-0.2, 0) is 15.9 Å². The highest BCUT2D eigenvalue weighted by Crippen LogP contribution is 2.23. The van der Waals surface area contributed by atoms with E-state index in [2.05, 4.69) is 5.32 Å². The van der Waals surface area contributed by atoms with Crippen molar-refractivity contribution < 1.29 is 28.9 Å². The molecule has 0 saturated heterocycles. The molecule has 1 amide bonds. The van der Waals surface area contributed by atoms with Gasteiger partial charge in [-0.25, -0.2) is 9.59 Å². The van der Waals surface area contributed by atoms with Crippen LogP contribution in [0.2, 0.25) is 0 Å². The van der Waals surface area contributed by atoms with E-state index in [-0.39, 0.29) is 23.3 Å². The maximum Gasteiger partial charge on any atom is 0.408 e. The minimum atomic E-state index is -1.37. The Morgan fingerprint density at radius 3 is 2.21 bits per heavy atom. The van der Waals surface area contributed by atoms with Gasteiger partial charge in [-0.15, -0.1) is 0 Å². The number of methoxy groups -OCH3 is 1. The van der Waals surface area contributed by atoms with Crippen molar-refractivity contribution >= 4 is 23.9 Å². The Morgan fingerprint density at radius 1 is 1.03 bits per heavy atom. The van der Waals surface area contributed by atoms with Crippen molar-refractivity contribution in [3.8, 4) is 5.75 Å². The number of amides is 1. The molecule has 0 radical (unpaired) electrons. The van der Waals surface area contributed by atoms with E-state index in [1.807, 2.05) is 30.3 Å². The van der Waals surface area contributed by atoms with E-state index in [9.17, 15) is 14.7 Å². The van der Waals surface area contributed by atoms with Crippen LogP contribution in [0.25, 0.3) is 0 Å². The van der Waals surface area contributed by atoms with Crippen molar-refractivity contribution in [1.29, 1.82) is 10.8 Å². The van der Waals surface area contributed by atoms with E-state index in [4.69, 9.17) is 25.0 Å². The molecule has 2 aromatic rings. The summed E-state index contributed by atoms with van der Waals surface area (Å²) in [6, 6.07) is 13.2. The zero-order valence-corrected chi connectivity index (χ0v) is 19.3. The molecule has 1 atom stereocenters. The first kappa shape index (κ1) is 25.4. The van der Waals surface area contributed by atoms with E-state index in [1.54, 1.807) is 27.7 Å². The maximum atomic E-state index is 12.5. The number of carbonyl (C=O) groups is 2. The highest BCUT2D eigenvalue weighted by molar-refractivity contribution is 6.05. The summed E-state index contributed by atoms with van der Waals surface area (Å²) in [6.07, 6.45) is -0.558. The van der Waals surface area contributed by atoms with Gasteiger partial charge in [0.2, 0.25) is 11.8 Å². The smallest absolute Gasteiger partial charge is 0.408 e. The van der Waals surface area contributed by atoms with Crippen molar-refractivity contribution in [2.45, 2.75) is 45.3 Å². The lowest BCUT2D eigenvalue weighted by Gasteiger charge is -2.32. The Hall–Kier alpha value is -3.88. The molecule has 9 heteroatoms. The van der Waals surface area contributed by atoms with Gasteiger partial charge in [0.15, 0.2) is 0 Å². The molecule has 0 aromatic heterocycles. The third-order valence-corrected chi connectivity index (χ3v) is 4.57. The monoisotopic (exact) mass is 455 g/mol. The number of ether oxygens (including phenoxy) is 3. The number of aromatic carboxylic acids is 1. The zero-order chi connectivity index (χ0) is 24.8. The van der Waals surface area contributed by atoms with E-state index < -0.39 is 35.0 Å². The Morgan fingerprint density at radius 2 is 1.67 bits per heavy atom. The number of alkyl carbamates (subject to hydrolysis) is 1. The lowest BCUT2D eigenvalue weighted by Crippen LogP contribution is -2.55. The summed E-state index contributed by atoms with van der Waals surface area (Å²) < 4.78 is 16.1. The van der Waals surface area contributed by atoms with Crippen molar-refractivity contribution in [1.82, 2.24) is 5.32 Å². The average molecular weight is 456 g/mol. The average Bonchev–Trinajstić information content (AvgIpc) is 2.72. The van der Waals surface area contributed by atoms with Crippen LogP contribution in [0.4, 0.5) is 4.79 Å². The maximum absolute atomic E-state index is 12.5. The van der Waals surface area contributed by atoms with Gasteiger partial charge in [-0.3, -0.25) is 10.8 Å². The Labute approximate surface area is 192 Å². The van der Waals surface area contributed by atoms with E-state index in [1.165, 1.54) is 25.3 Å². The quantitative estimate of drug-likeness (QED) is 0.363. The molecule has 9 nitrogen and oxygen atoms in total. The third kappa shape index (κ3) is 7.06. The number of benzene rings is 2. The van der Waals surface area contributed by atoms with Crippen LogP contribution in [0, 0.1) is 10.8 Å². The molecule has 33 heavy (non-hydrogen) atoms. The van der Waals surface area contributed by atoms with Gasteiger partial charge in [0, 0.05) is 6.42 Å². The van der Waals surface area contributed by atoms with Crippen LogP contribution in [0.15, 0.2) is 48.5 Å². The number of hydrogen-bond donors (Lipinski definition) is 4. The molecule has 2 aromatic carbocycles. The Bertz CT molecular complexity index is 1050. The first-order valence-corrected chi connectivity index (χ1v) is 10.2. The first-order chi connectivity index (χ1) is 15.3. The number of carboxylic acid groups (broad SMARTS) is 1. The summed E-state index contributed by atoms with van der Waals surface area (Å²) in [4.78, 5) is 23.9. The van der Waals surface area contributed by atoms with Gasteiger partial charge in [-0.2, -0.15) is 0 Å². The summed E-state index contributed by atoms with van der Waals surface area (Å²) in [5, 5.41) is 28.9. The Balaban J connectivity index is 2.34. The van der Waals surface area contributed by atoms with Gasteiger partial charge < -0.3 is 24.6 Å². The molecule has 176 valence electrons. The Kier molecular flexibility index (Phi) is 7.81. The van der Waals surface area contributed by atoms with E-state index in [0.29, 0.717) is 0 Å². The number of nitrogens with one attached hydrogen (secondary N) is 3. The van der Waals surface area contributed by atoms with Crippen molar-refractivity contribution in [3.05, 3.63) is 65.2 Å². The SMILES string of the molecule is COc1ccc(C(=O)O)cc1C(=N)OC(=N)[C@@](C)(Cc1ccccc1)NC(=O)OC(C)(C)C. The van der Waals surface area contributed by atoms with Crippen molar-refractivity contribution in [2.24, 2.45) is 0 Å². The predicted molar refractivity (Wildman–Crippen MR) is 124 cm³/mol. The minimum Gasteiger partial charge on any atom is -0.496 e. The van der Waals surface area contributed by atoms with Crippen LogP contribution in [0.1, 0.15) is 49.2 Å². The molecule has 0 aliphatic rings. The van der Waals surface area contributed by atoms with Gasteiger partial charge in [-0.05, 0) is 51.5 Å². The number of rotatable bonds is 7. The van der Waals surface area contributed by atoms with Gasteiger partial charge in [-0.1, -0.05) is 30.3 Å². The minimum absolute atomic E-state index is 0.0569. The van der Waals surface area contributed by atoms with Gasteiger partial charge in [0.1, 0.15) is 16.9 Å². The van der Waals surface area contributed by atoms with Gasteiger partial charge in [0.05, 0.1) is 18.2 Å². The molecule has 0 aliphatic carbocycles. The number of hydrogen-bond acceptors (Lipinski definition) is 7. The summed E-state index contributed by atoms with van der Waals surface area (Å²) in [5.41, 5.74) is -1.31. The highest BCUT2D eigenvalue weighted by Gasteiger charge is 2.36. The lowest BCUT2D eigenvalue weighted by atomic mass is 9.92. The molecule has 0 unspecified atom stereocenters. The summed E-state index contributed by atoms with van der Waals surface area (Å²) in [6.45, 7) is 6.76. The predicted octanol–water partition coefficient (Wildman–Crippen LogP) is 4.24. The van der Waals surface area contributed by atoms with E-state index in [0.717, 1.165) is 5.56 Å². The van der Waals surface area contributed by atoms with Crippen LogP contribution >= 0.6 is 0 Å². The van der Waals surface area contributed by atoms with Crippen LogP contribution < -0.4 is 10.1 Å². The molecule has 0 fully saturated rings. The second-order valence-corrected chi connectivity index (χ2v) is 8.60. The zero-order valence-electron chi connectivity index (χ0n) is 19.3. The van der Waals surface area contributed by atoms with E-state index >= 15 is 0 Å². The van der Waals surface area contributed by atoms with Gasteiger partial charge in [0.25, 0.3) is 0 Å². The van der Waals surface area contributed by atoms with Crippen LogP contribution in [-0.4, -0.2) is 47.2 Å². The standard InChI is InChI=1S/C24H29N3O6/c1-23(2,3)33-22(30)27-24(4,14-15-9-7-6-8-10-15)21(26)32-19(25)17-13-16(20(28)29)11-12-18(17)31-5/h6-13,25-26H,14H2,1-5H3,(H,27,30)(H,28,29)/t24-/m1/s1. The molecule has 0 bridgehead atoms. The summed E-state index contributed by atoms with van der Waals surface area (Å²) in [5.74, 6) is -1.89. The summed E-state index contributed by atoms with van der Waals surface area (Å²) in [7, 11) is 1.38. The highest BCUT2D eigenvalue weighted by atomic mass is 16.6. The molecular formula is C24H29N3O6. The molecule has 0 aliphatic heterocycles. The lowest BCUT2D eigenvalue weighted by molar-refractivity contribution is 0.0484. The topological polar surface area (TPSA) is 142 Å². The van der Waals surface area contributed by atoms with Crippen LogP contribution in [0.5, 0.6) is 5.75 Å². The molecule has 0 heterocycles. The molecule has 0 saturated carbocycles. The van der Waals surface area contributed by atoms with Gasteiger partial charge >= 0.3 is 12.1 Å². The normalized spacial score (nSPS) is 12.8. The fourth-order valence-corrected chi connectivity index (χ4v) is 3.00. The van der Waals surface area contributed by atoms with Crippen LogP contribution in [0.3, 0.4) is 0 Å². The third-order valence-electron chi connectivity index (χ3n) is 4.57. The fourth-order valence-electron chi connectivity index (χ4n) is 3.00. The molecule has 4 N–H and O–H groups in total.